The first kappa shape index (κ1) is 12.7. The summed E-state index contributed by atoms with van der Waals surface area (Å²) < 4.78 is 1.99. The second-order valence-corrected chi connectivity index (χ2v) is 4.79. The molecular weight excluding hydrogens is 222 g/mol. The van der Waals surface area contributed by atoms with Crippen LogP contribution in [0, 0.1) is 0 Å². The van der Waals surface area contributed by atoms with Crippen LogP contribution in [0.5, 0.6) is 0 Å². The van der Waals surface area contributed by atoms with Gasteiger partial charge in [-0.05, 0) is 17.9 Å². The average molecular weight is 243 g/mol. The monoisotopic (exact) mass is 243 g/mol. The van der Waals surface area contributed by atoms with Crippen LogP contribution < -0.4 is 5.73 Å². The zero-order valence-corrected chi connectivity index (χ0v) is 11.4. The maximum absolute atomic E-state index is 6.11. The van der Waals surface area contributed by atoms with Gasteiger partial charge < -0.3 is 10.3 Å². The molecule has 1 aromatic heterocycles. The fraction of sp³-hybridized carbons (Fsp3) is 0.400. The van der Waals surface area contributed by atoms with E-state index in [0.29, 0.717) is 5.92 Å². The molecular formula is C15H21N3. The number of anilines is 1. The first-order valence-corrected chi connectivity index (χ1v) is 6.48. The Labute approximate surface area is 109 Å². The fourth-order valence-corrected chi connectivity index (χ4v) is 2.28. The maximum Gasteiger partial charge on any atom is 0.126 e. The number of aryl methyl sites for hydroxylation is 1. The molecule has 3 nitrogen and oxygen atoms in total. The second-order valence-electron chi connectivity index (χ2n) is 4.79. The van der Waals surface area contributed by atoms with Gasteiger partial charge >= 0.3 is 0 Å². The number of aromatic nitrogens is 2. The molecule has 0 aliphatic rings. The van der Waals surface area contributed by atoms with E-state index in [2.05, 4.69) is 43.1 Å². The van der Waals surface area contributed by atoms with E-state index in [4.69, 9.17) is 5.73 Å². The van der Waals surface area contributed by atoms with Crippen LogP contribution in [0.15, 0.2) is 30.3 Å². The van der Waals surface area contributed by atoms with E-state index in [1.807, 2.05) is 17.7 Å². The molecule has 2 rings (SSSR count). The lowest BCUT2D eigenvalue weighted by Crippen LogP contribution is -2.03. The summed E-state index contributed by atoms with van der Waals surface area (Å²) in [6.45, 7) is 4.32. The van der Waals surface area contributed by atoms with Gasteiger partial charge in [-0.1, -0.05) is 44.2 Å². The first-order valence-electron chi connectivity index (χ1n) is 6.48. The number of benzene rings is 1. The van der Waals surface area contributed by atoms with Crippen molar-refractivity contribution in [2.24, 2.45) is 7.05 Å². The highest BCUT2D eigenvalue weighted by Gasteiger charge is 2.14. The fourth-order valence-electron chi connectivity index (χ4n) is 2.28. The van der Waals surface area contributed by atoms with Gasteiger partial charge in [0.05, 0.1) is 5.69 Å². The van der Waals surface area contributed by atoms with Gasteiger partial charge in [0.1, 0.15) is 11.6 Å². The Kier molecular flexibility index (Phi) is 3.70. The summed E-state index contributed by atoms with van der Waals surface area (Å²) in [7, 11) is 1.98. The summed E-state index contributed by atoms with van der Waals surface area (Å²) >= 11 is 0. The molecule has 2 aromatic rings. The van der Waals surface area contributed by atoms with Crippen LogP contribution in [0.2, 0.25) is 0 Å². The summed E-state index contributed by atoms with van der Waals surface area (Å²) in [4.78, 5) is 4.63. The molecule has 0 amide bonds. The van der Waals surface area contributed by atoms with E-state index < -0.39 is 0 Å². The van der Waals surface area contributed by atoms with Crippen LogP contribution in [0.25, 0.3) is 0 Å². The quantitative estimate of drug-likeness (QED) is 0.897. The summed E-state index contributed by atoms with van der Waals surface area (Å²) in [6, 6.07) is 10.5. The second kappa shape index (κ2) is 5.25. The smallest absolute Gasteiger partial charge is 0.126 e. The highest BCUT2D eigenvalue weighted by Crippen LogP contribution is 2.23. The van der Waals surface area contributed by atoms with Crippen molar-refractivity contribution in [3.8, 4) is 0 Å². The lowest BCUT2D eigenvalue weighted by molar-refractivity contribution is 0.743. The Morgan fingerprint density at radius 1 is 1.28 bits per heavy atom. The van der Waals surface area contributed by atoms with E-state index in [1.165, 1.54) is 5.56 Å². The number of nitrogens with two attached hydrogens (primary N) is 1. The van der Waals surface area contributed by atoms with Gasteiger partial charge in [0, 0.05) is 13.5 Å². The highest BCUT2D eigenvalue weighted by atomic mass is 15.1. The summed E-state index contributed by atoms with van der Waals surface area (Å²) in [5.74, 6) is 2.30. The molecule has 3 heteroatoms. The zero-order valence-electron chi connectivity index (χ0n) is 11.4. The lowest BCUT2D eigenvalue weighted by atomic mass is 9.96. The molecule has 0 fully saturated rings. The van der Waals surface area contributed by atoms with Crippen LogP contribution >= 0.6 is 0 Å². The number of nitrogens with zero attached hydrogens (tertiary/aromatic N) is 2. The topological polar surface area (TPSA) is 43.8 Å². The van der Waals surface area contributed by atoms with Crippen LogP contribution in [-0.2, 0) is 19.9 Å². The molecule has 1 aromatic carbocycles. The molecule has 1 unspecified atom stereocenters. The van der Waals surface area contributed by atoms with Gasteiger partial charge in [0.2, 0.25) is 0 Å². The standard InChI is InChI=1S/C15H21N3/c1-4-14-17-13(15(16)18(14)3)10-11(2)12-8-6-5-7-9-12/h5-9,11H,4,10,16H2,1-3H3. The van der Waals surface area contributed by atoms with Gasteiger partial charge in [-0.2, -0.15) is 0 Å². The molecule has 18 heavy (non-hydrogen) atoms. The van der Waals surface area contributed by atoms with Crippen molar-refractivity contribution >= 4 is 5.82 Å². The van der Waals surface area contributed by atoms with Crippen LogP contribution in [0.3, 0.4) is 0 Å². The van der Waals surface area contributed by atoms with Crippen LogP contribution in [-0.4, -0.2) is 9.55 Å². The van der Waals surface area contributed by atoms with Crippen molar-refractivity contribution in [1.82, 2.24) is 9.55 Å². The van der Waals surface area contributed by atoms with E-state index >= 15 is 0 Å². The molecule has 96 valence electrons. The molecule has 0 saturated heterocycles. The Balaban J connectivity index is 2.19. The summed E-state index contributed by atoms with van der Waals surface area (Å²) in [5, 5.41) is 0. The van der Waals surface area contributed by atoms with E-state index in [0.717, 1.165) is 30.2 Å². The maximum atomic E-state index is 6.11. The molecule has 2 N–H and O–H groups in total. The van der Waals surface area contributed by atoms with Crippen molar-refractivity contribution in [3.63, 3.8) is 0 Å². The van der Waals surface area contributed by atoms with Crippen LogP contribution in [0.1, 0.15) is 36.8 Å². The van der Waals surface area contributed by atoms with Gasteiger partial charge in [0.15, 0.2) is 0 Å². The zero-order chi connectivity index (χ0) is 13.1. The van der Waals surface area contributed by atoms with Gasteiger partial charge in [-0.25, -0.2) is 4.98 Å². The normalized spacial score (nSPS) is 12.6. The minimum atomic E-state index is 0.438. The minimum absolute atomic E-state index is 0.438. The lowest BCUT2D eigenvalue weighted by Gasteiger charge is -2.10. The third-order valence-corrected chi connectivity index (χ3v) is 3.49. The third-order valence-electron chi connectivity index (χ3n) is 3.49. The van der Waals surface area contributed by atoms with Gasteiger partial charge in [0.25, 0.3) is 0 Å². The number of rotatable bonds is 4. The van der Waals surface area contributed by atoms with E-state index in [1.54, 1.807) is 0 Å². The molecule has 0 spiro atoms. The van der Waals surface area contributed by atoms with Crippen molar-refractivity contribution in [2.75, 3.05) is 5.73 Å². The summed E-state index contributed by atoms with van der Waals surface area (Å²) in [5.41, 5.74) is 8.46. The SMILES string of the molecule is CCc1nc(CC(C)c2ccccc2)c(N)n1C. The summed E-state index contributed by atoms with van der Waals surface area (Å²) in [6.07, 6.45) is 1.81. The van der Waals surface area contributed by atoms with Gasteiger partial charge in [-0.3, -0.25) is 0 Å². The number of hydrogen-bond acceptors (Lipinski definition) is 2. The van der Waals surface area contributed by atoms with E-state index in [9.17, 15) is 0 Å². The molecule has 1 heterocycles. The largest absolute Gasteiger partial charge is 0.384 e. The average Bonchev–Trinajstić information content (AvgIpc) is 2.67. The Morgan fingerprint density at radius 2 is 1.94 bits per heavy atom. The molecule has 1 atom stereocenters. The third kappa shape index (κ3) is 2.40. The van der Waals surface area contributed by atoms with Crippen molar-refractivity contribution in [3.05, 3.63) is 47.4 Å². The Morgan fingerprint density at radius 3 is 2.50 bits per heavy atom. The predicted molar refractivity (Wildman–Crippen MR) is 75.6 cm³/mol. The number of imidazole rings is 1. The predicted octanol–water partition coefficient (Wildman–Crippen LogP) is 2.91. The van der Waals surface area contributed by atoms with Gasteiger partial charge in [-0.15, -0.1) is 0 Å². The van der Waals surface area contributed by atoms with E-state index in [-0.39, 0.29) is 0 Å². The highest BCUT2D eigenvalue weighted by molar-refractivity contribution is 5.39. The Bertz CT molecular complexity index is 514. The molecule has 0 bridgehead atoms. The molecule has 0 aliphatic carbocycles. The van der Waals surface area contributed by atoms with Crippen LogP contribution in [0.4, 0.5) is 5.82 Å². The Hall–Kier alpha value is -1.77. The van der Waals surface area contributed by atoms with Crippen molar-refractivity contribution in [2.45, 2.75) is 32.6 Å². The first-order chi connectivity index (χ1) is 8.63. The molecule has 0 aliphatic heterocycles. The van der Waals surface area contributed by atoms with Crippen molar-refractivity contribution < 1.29 is 0 Å². The number of hydrogen-bond donors (Lipinski definition) is 1. The molecule has 0 saturated carbocycles. The van der Waals surface area contributed by atoms with Crippen molar-refractivity contribution in [1.29, 1.82) is 0 Å². The number of nitrogen functional groups attached to an aromatic ring is 1. The molecule has 0 radical (unpaired) electrons. The minimum Gasteiger partial charge on any atom is -0.384 e.